The lowest BCUT2D eigenvalue weighted by Gasteiger charge is -2.21. The Hall–Kier alpha value is -1.71. The number of Topliss-reactive ketones (excluding diaryl/α,β-unsaturated/α-hetero) is 1. The topological polar surface area (TPSA) is 43.4 Å². The first-order valence-electron chi connectivity index (χ1n) is 5.79. The number of halogens is 1. The van der Waals surface area contributed by atoms with Crippen LogP contribution in [-0.2, 0) is 9.53 Å². The van der Waals surface area contributed by atoms with Crippen molar-refractivity contribution in [3.05, 3.63) is 35.1 Å². The minimum Gasteiger partial charge on any atom is -0.465 e. The maximum absolute atomic E-state index is 13.6. The second-order valence-corrected chi connectivity index (χ2v) is 4.66. The van der Waals surface area contributed by atoms with Gasteiger partial charge in [-0.3, -0.25) is 9.59 Å². The minimum atomic E-state index is -1.38. The van der Waals surface area contributed by atoms with Gasteiger partial charge >= 0.3 is 5.97 Å². The number of carbonyl (C=O) groups excluding carboxylic acids is 2. The van der Waals surface area contributed by atoms with Crippen LogP contribution in [0, 0.1) is 18.2 Å². The molecule has 0 aliphatic rings. The van der Waals surface area contributed by atoms with E-state index in [2.05, 4.69) is 0 Å². The van der Waals surface area contributed by atoms with E-state index >= 15 is 0 Å². The van der Waals surface area contributed by atoms with Crippen LogP contribution in [0.3, 0.4) is 0 Å². The Balaban J connectivity index is 3.13. The van der Waals surface area contributed by atoms with Crippen LogP contribution in [0.15, 0.2) is 18.2 Å². The van der Waals surface area contributed by atoms with Crippen LogP contribution in [0.5, 0.6) is 0 Å². The van der Waals surface area contributed by atoms with Gasteiger partial charge in [0.05, 0.1) is 12.2 Å². The van der Waals surface area contributed by atoms with Crippen molar-refractivity contribution in [3.8, 4) is 0 Å². The van der Waals surface area contributed by atoms with E-state index in [9.17, 15) is 14.0 Å². The van der Waals surface area contributed by atoms with Gasteiger partial charge in [0.1, 0.15) is 11.2 Å². The van der Waals surface area contributed by atoms with Gasteiger partial charge in [-0.1, -0.05) is 11.6 Å². The highest BCUT2D eigenvalue weighted by Gasteiger charge is 2.39. The van der Waals surface area contributed by atoms with Gasteiger partial charge in [0.15, 0.2) is 5.78 Å². The molecule has 4 heteroatoms. The molecule has 0 atom stereocenters. The average molecular weight is 252 g/mol. The van der Waals surface area contributed by atoms with Gasteiger partial charge in [-0.25, -0.2) is 4.39 Å². The largest absolute Gasteiger partial charge is 0.465 e. The summed E-state index contributed by atoms with van der Waals surface area (Å²) in [4.78, 5) is 23.9. The number of hydrogen-bond donors (Lipinski definition) is 0. The highest BCUT2D eigenvalue weighted by molar-refractivity contribution is 6.12. The summed E-state index contributed by atoms with van der Waals surface area (Å²) in [7, 11) is 0. The molecule has 0 heterocycles. The molecule has 18 heavy (non-hydrogen) atoms. The molecule has 1 rings (SSSR count). The molecular weight excluding hydrogens is 235 g/mol. The van der Waals surface area contributed by atoms with Crippen molar-refractivity contribution in [3.63, 3.8) is 0 Å². The quantitative estimate of drug-likeness (QED) is 0.470. The maximum atomic E-state index is 13.6. The summed E-state index contributed by atoms with van der Waals surface area (Å²) in [6.07, 6.45) is 0. The summed E-state index contributed by atoms with van der Waals surface area (Å²) in [5.74, 6) is -1.83. The number of benzene rings is 1. The molecule has 0 aromatic heterocycles. The third-order valence-corrected chi connectivity index (χ3v) is 2.72. The van der Waals surface area contributed by atoms with Crippen LogP contribution in [0.1, 0.15) is 36.7 Å². The van der Waals surface area contributed by atoms with Crippen LogP contribution in [-0.4, -0.2) is 18.4 Å². The second-order valence-electron chi connectivity index (χ2n) is 4.66. The van der Waals surface area contributed by atoms with E-state index in [-0.39, 0.29) is 12.2 Å². The average Bonchev–Trinajstić information content (AvgIpc) is 2.31. The van der Waals surface area contributed by atoms with Gasteiger partial charge in [0.25, 0.3) is 0 Å². The van der Waals surface area contributed by atoms with E-state index in [4.69, 9.17) is 4.74 Å². The van der Waals surface area contributed by atoms with Crippen molar-refractivity contribution >= 4 is 11.8 Å². The van der Waals surface area contributed by atoms with Gasteiger partial charge in [-0.15, -0.1) is 0 Å². The minimum absolute atomic E-state index is 0.0759. The number of rotatable bonds is 4. The lowest BCUT2D eigenvalue weighted by Crippen LogP contribution is -2.35. The standard InChI is InChI=1S/C14H17FO3/c1-5-18-13(17)14(3,4)12(16)10-8-9(2)6-7-11(10)15/h6-8H,5H2,1-4H3. The number of ketones is 1. The SMILES string of the molecule is CCOC(=O)C(C)(C)C(=O)c1cc(C)ccc1F. The molecule has 0 saturated heterocycles. The van der Waals surface area contributed by atoms with E-state index in [1.165, 1.54) is 26.0 Å². The Kier molecular flexibility index (Phi) is 4.22. The fraction of sp³-hybridized carbons (Fsp3) is 0.429. The summed E-state index contributed by atoms with van der Waals surface area (Å²) < 4.78 is 18.5. The molecule has 0 fully saturated rings. The Bertz CT molecular complexity index is 478. The molecule has 1 aromatic carbocycles. The molecule has 1 aromatic rings. The third-order valence-electron chi connectivity index (χ3n) is 2.72. The third kappa shape index (κ3) is 2.75. The number of carbonyl (C=O) groups is 2. The lowest BCUT2D eigenvalue weighted by atomic mass is 9.84. The molecule has 0 N–H and O–H groups in total. The van der Waals surface area contributed by atoms with Crippen LogP contribution in [0.4, 0.5) is 4.39 Å². The lowest BCUT2D eigenvalue weighted by molar-refractivity contribution is -0.150. The molecule has 98 valence electrons. The number of ether oxygens (including phenoxy) is 1. The van der Waals surface area contributed by atoms with Crippen molar-refractivity contribution in [2.45, 2.75) is 27.7 Å². The van der Waals surface area contributed by atoms with E-state index in [0.29, 0.717) is 0 Å². The highest BCUT2D eigenvalue weighted by Crippen LogP contribution is 2.25. The first kappa shape index (κ1) is 14.4. The first-order valence-corrected chi connectivity index (χ1v) is 5.79. The number of aryl methyl sites for hydroxylation is 1. The summed E-state index contributed by atoms with van der Waals surface area (Å²) in [6.45, 7) is 6.48. The molecule has 3 nitrogen and oxygen atoms in total. The normalized spacial score (nSPS) is 11.2. The van der Waals surface area contributed by atoms with Crippen molar-refractivity contribution in [2.75, 3.05) is 6.61 Å². The maximum Gasteiger partial charge on any atom is 0.319 e. The predicted molar refractivity (Wildman–Crippen MR) is 65.9 cm³/mol. The molecule has 0 saturated carbocycles. The second kappa shape index (κ2) is 5.29. The Labute approximate surface area is 106 Å². The molecular formula is C14H17FO3. The van der Waals surface area contributed by atoms with Crippen LogP contribution in [0.2, 0.25) is 0 Å². The first-order chi connectivity index (χ1) is 8.30. The van der Waals surface area contributed by atoms with Crippen molar-refractivity contribution < 1.29 is 18.7 Å². The molecule has 0 unspecified atom stereocenters. The number of esters is 1. The van der Waals surface area contributed by atoms with Crippen molar-refractivity contribution in [1.29, 1.82) is 0 Å². The van der Waals surface area contributed by atoms with Gasteiger partial charge in [-0.2, -0.15) is 0 Å². The van der Waals surface area contributed by atoms with Crippen LogP contribution in [0.25, 0.3) is 0 Å². The van der Waals surface area contributed by atoms with Gasteiger partial charge < -0.3 is 4.74 Å². The summed E-state index contributed by atoms with van der Waals surface area (Å²) in [6, 6.07) is 4.24. The van der Waals surface area contributed by atoms with Gasteiger partial charge in [0, 0.05) is 0 Å². The van der Waals surface area contributed by atoms with Crippen molar-refractivity contribution in [2.24, 2.45) is 5.41 Å². The predicted octanol–water partition coefficient (Wildman–Crippen LogP) is 2.91. The zero-order chi connectivity index (χ0) is 13.9. The number of hydrogen-bond acceptors (Lipinski definition) is 3. The summed E-state index contributed by atoms with van der Waals surface area (Å²) in [5.41, 5.74) is -0.697. The Morgan fingerprint density at radius 3 is 2.50 bits per heavy atom. The fourth-order valence-electron chi connectivity index (χ4n) is 1.55. The van der Waals surface area contributed by atoms with Crippen LogP contribution >= 0.6 is 0 Å². The van der Waals surface area contributed by atoms with Gasteiger partial charge in [0.2, 0.25) is 0 Å². The smallest absolute Gasteiger partial charge is 0.319 e. The zero-order valence-electron chi connectivity index (χ0n) is 11.0. The summed E-state index contributed by atoms with van der Waals surface area (Å²) in [5, 5.41) is 0. The Morgan fingerprint density at radius 1 is 1.33 bits per heavy atom. The Morgan fingerprint density at radius 2 is 1.94 bits per heavy atom. The highest BCUT2D eigenvalue weighted by atomic mass is 19.1. The van der Waals surface area contributed by atoms with Crippen molar-refractivity contribution in [1.82, 2.24) is 0 Å². The molecule has 0 bridgehead atoms. The van der Waals surface area contributed by atoms with E-state index in [1.54, 1.807) is 19.9 Å². The summed E-state index contributed by atoms with van der Waals surface area (Å²) >= 11 is 0. The zero-order valence-corrected chi connectivity index (χ0v) is 11.0. The molecule has 0 amide bonds. The van der Waals surface area contributed by atoms with E-state index in [0.717, 1.165) is 5.56 Å². The monoisotopic (exact) mass is 252 g/mol. The molecule has 0 aliphatic carbocycles. The van der Waals surface area contributed by atoms with Gasteiger partial charge in [-0.05, 0) is 39.8 Å². The van der Waals surface area contributed by atoms with E-state index in [1.807, 2.05) is 0 Å². The van der Waals surface area contributed by atoms with E-state index < -0.39 is 23.0 Å². The molecule has 0 radical (unpaired) electrons. The fourth-order valence-corrected chi connectivity index (χ4v) is 1.55. The van der Waals surface area contributed by atoms with Crippen LogP contribution < -0.4 is 0 Å². The molecule has 0 spiro atoms. The molecule has 0 aliphatic heterocycles.